The lowest BCUT2D eigenvalue weighted by molar-refractivity contribution is -0.757. The van der Waals surface area contributed by atoms with Gasteiger partial charge in [-0.3, -0.25) is 9.59 Å². The van der Waals surface area contributed by atoms with Crippen LogP contribution in [0.4, 0.5) is 4.79 Å². The highest BCUT2D eigenvalue weighted by Gasteiger charge is 2.39. The minimum atomic E-state index is -0.937. The predicted octanol–water partition coefficient (Wildman–Crippen LogP) is 0.470. The molecule has 1 saturated heterocycles. The maximum absolute atomic E-state index is 11.9. The highest BCUT2D eigenvalue weighted by atomic mass is 32.2. The lowest BCUT2D eigenvalue weighted by atomic mass is 10.1. The summed E-state index contributed by atoms with van der Waals surface area (Å²) < 4.78 is 4.94. The van der Waals surface area contributed by atoms with E-state index in [2.05, 4.69) is 15.5 Å². The molecule has 1 fully saturated rings. The standard InChI is InChI=1S/C10H11N3O6S/c14-9(11-2-4-19-13(16)17)7-8(20-10(15)12-7)6-1-3-18-5-6/h1,3,5,7-8H,2,4H2,(H,11,14)(H,12,15). The van der Waals surface area contributed by atoms with Crippen LogP contribution < -0.4 is 10.6 Å². The van der Waals surface area contributed by atoms with Crippen molar-refractivity contribution in [2.45, 2.75) is 11.3 Å². The number of amides is 2. The Labute approximate surface area is 117 Å². The molecule has 9 nitrogen and oxygen atoms in total. The maximum Gasteiger partial charge on any atom is 0.294 e. The monoisotopic (exact) mass is 301 g/mol. The number of nitrogens with one attached hydrogen (secondary N) is 2. The molecule has 2 N–H and O–H groups in total. The van der Waals surface area contributed by atoms with Crippen LogP contribution in [0.15, 0.2) is 23.0 Å². The highest BCUT2D eigenvalue weighted by molar-refractivity contribution is 8.14. The Bertz CT molecular complexity index is 505. The van der Waals surface area contributed by atoms with Crippen LogP contribution in [-0.2, 0) is 9.63 Å². The molecule has 0 aliphatic carbocycles. The van der Waals surface area contributed by atoms with Crippen molar-refractivity contribution in [3.63, 3.8) is 0 Å². The normalized spacial score (nSPS) is 21.3. The zero-order valence-electron chi connectivity index (χ0n) is 10.1. The second-order valence-electron chi connectivity index (χ2n) is 3.85. The van der Waals surface area contributed by atoms with Crippen molar-refractivity contribution in [3.05, 3.63) is 34.3 Å². The molecule has 2 rings (SSSR count). The molecule has 0 saturated carbocycles. The van der Waals surface area contributed by atoms with Gasteiger partial charge >= 0.3 is 0 Å². The second-order valence-corrected chi connectivity index (χ2v) is 4.97. The van der Waals surface area contributed by atoms with E-state index in [1.54, 1.807) is 6.07 Å². The van der Waals surface area contributed by atoms with E-state index in [4.69, 9.17) is 4.42 Å². The van der Waals surface area contributed by atoms with E-state index in [9.17, 15) is 19.7 Å². The van der Waals surface area contributed by atoms with E-state index in [1.165, 1.54) is 12.5 Å². The number of hydrogen-bond donors (Lipinski definition) is 2. The lowest BCUT2D eigenvalue weighted by Gasteiger charge is -2.16. The van der Waals surface area contributed by atoms with Gasteiger partial charge in [0.25, 0.3) is 10.3 Å². The van der Waals surface area contributed by atoms with Gasteiger partial charge in [-0.25, -0.2) is 0 Å². The van der Waals surface area contributed by atoms with Crippen LogP contribution in [0.3, 0.4) is 0 Å². The maximum atomic E-state index is 11.9. The Morgan fingerprint density at radius 2 is 2.45 bits per heavy atom. The fourth-order valence-corrected chi connectivity index (χ4v) is 2.75. The molecule has 2 heterocycles. The van der Waals surface area contributed by atoms with Crippen molar-refractivity contribution in [2.24, 2.45) is 0 Å². The minimum Gasteiger partial charge on any atom is -0.472 e. The molecule has 108 valence electrons. The van der Waals surface area contributed by atoms with E-state index >= 15 is 0 Å². The average molecular weight is 301 g/mol. The Morgan fingerprint density at radius 1 is 1.65 bits per heavy atom. The molecule has 2 unspecified atom stereocenters. The molecule has 0 bridgehead atoms. The number of furan rings is 1. The molecule has 0 radical (unpaired) electrons. The summed E-state index contributed by atoms with van der Waals surface area (Å²) in [5.74, 6) is -0.429. The van der Waals surface area contributed by atoms with Crippen LogP contribution in [0.5, 0.6) is 0 Å². The Kier molecular flexibility index (Phi) is 4.45. The smallest absolute Gasteiger partial charge is 0.294 e. The SMILES string of the molecule is O=C1NC(C(=O)NCCO[N+](=O)[O-])C(c2ccoc2)S1. The van der Waals surface area contributed by atoms with Crippen molar-refractivity contribution < 1.29 is 23.9 Å². The van der Waals surface area contributed by atoms with E-state index < -0.39 is 22.3 Å². The number of hydrogen-bond acceptors (Lipinski definition) is 7. The predicted molar refractivity (Wildman–Crippen MR) is 67.3 cm³/mol. The van der Waals surface area contributed by atoms with Crippen LogP contribution in [0.2, 0.25) is 0 Å². The van der Waals surface area contributed by atoms with Crippen molar-refractivity contribution in [2.75, 3.05) is 13.2 Å². The molecule has 1 aromatic rings. The average Bonchev–Trinajstić information content (AvgIpc) is 3.02. The first-order valence-corrected chi connectivity index (χ1v) is 6.50. The molecule has 1 aliphatic rings. The number of carbonyl (C=O) groups excluding carboxylic acids is 2. The number of nitrogens with zero attached hydrogens (tertiary/aromatic N) is 1. The summed E-state index contributed by atoms with van der Waals surface area (Å²) in [7, 11) is 0. The van der Waals surface area contributed by atoms with Crippen LogP contribution in [0, 0.1) is 10.1 Å². The second kappa shape index (κ2) is 6.28. The summed E-state index contributed by atoms with van der Waals surface area (Å²) in [5, 5.41) is 13.3. The van der Waals surface area contributed by atoms with E-state index in [0.29, 0.717) is 0 Å². The molecule has 20 heavy (non-hydrogen) atoms. The van der Waals surface area contributed by atoms with Gasteiger partial charge < -0.3 is 19.9 Å². The number of thioether (sulfide) groups is 1. The molecule has 1 aromatic heterocycles. The number of carbonyl (C=O) groups is 2. The summed E-state index contributed by atoms with van der Waals surface area (Å²) in [6.07, 6.45) is 2.92. The molecular formula is C10H11N3O6S. The fourth-order valence-electron chi connectivity index (χ4n) is 1.72. The van der Waals surface area contributed by atoms with Crippen molar-refractivity contribution in [1.29, 1.82) is 0 Å². The molecule has 2 atom stereocenters. The van der Waals surface area contributed by atoms with Gasteiger partial charge in [0.2, 0.25) is 5.91 Å². The number of rotatable bonds is 6. The Balaban J connectivity index is 1.90. The largest absolute Gasteiger partial charge is 0.472 e. The van der Waals surface area contributed by atoms with Gasteiger partial charge in [0.15, 0.2) is 0 Å². The van der Waals surface area contributed by atoms with Crippen molar-refractivity contribution in [1.82, 2.24) is 10.6 Å². The minimum absolute atomic E-state index is 0.0189. The third-order valence-electron chi connectivity index (χ3n) is 2.56. The van der Waals surface area contributed by atoms with E-state index in [0.717, 1.165) is 17.3 Å². The molecular weight excluding hydrogens is 290 g/mol. The highest BCUT2D eigenvalue weighted by Crippen LogP contribution is 2.37. The lowest BCUT2D eigenvalue weighted by Crippen LogP contribution is -2.44. The van der Waals surface area contributed by atoms with Crippen LogP contribution in [-0.4, -0.2) is 35.4 Å². The summed E-state index contributed by atoms with van der Waals surface area (Å²) in [4.78, 5) is 37.4. The van der Waals surface area contributed by atoms with Gasteiger partial charge in [0, 0.05) is 12.1 Å². The summed E-state index contributed by atoms with van der Waals surface area (Å²) in [6, 6.07) is 0.925. The zero-order chi connectivity index (χ0) is 14.5. The van der Waals surface area contributed by atoms with Crippen LogP contribution in [0.25, 0.3) is 0 Å². The fraction of sp³-hybridized carbons (Fsp3) is 0.400. The van der Waals surface area contributed by atoms with Gasteiger partial charge in [-0.15, -0.1) is 10.1 Å². The Morgan fingerprint density at radius 3 is 3.10 bits per heavy atom. The van der Waals surface area contributed by atoms with E-state index in [1.807, 2.05) is 0 Å². The summed E-state index contributed by atoms with van der Waals surface area (Å²) in [6.45, 7) is -0.266. The third-order valence-corrected chi connectivity index (χ3v) is 3.69. The molecule has 1 aliphatic heterocycles. The van der Waals surface area contributed by atoms with Crippen LogP contribution in [0.1, 0.15) is 10.8 Å². The topological polar surface area (TPSA) is 124 Å². The summed E-state index contributed by atoms with van der Waals surface area (Å²) in [5.41, 5.74) is 0.718. The molecule has 0 aromatic carbocycles. The van der Waals surface area contributed by atoms with Crippen molar-refractivity contribution in [3.8, 4) is 0 Å². The summed E-state index contributed by atoms with van der Waals surface area (Å²) >= 11 is 0.993. The van der Waals surface area contributed by atoms with Gasteiger partial charge in [0.1, 0.15) is 12.6 Å². The van der Waals surface area contributed by atoms with Gasteiger partial charge in [-0.2, -0.15) is 0 Å². The Hall–Kier alpha value is -2.23. The van der Waals surface area contributed by atoms with Crippen LogP contribution >= 0.6 is 11.8 Å². The molecule has 10 heteroatoms. The van der Waals surface area contributed by atoms with Gasteiger partial charge in [-0.1, -0.05) is 11.8 Å². The van der Waals surface area contributed by atoms with Crippen molar-refractivity contribution >= 4 is 22.9 Å². The first-order chi connectivity index (χ1) is 9.58. The van der Waals surface area contributed by atoms with Gasteiger partial charge in [0.05, 0.1) is 17.8 Å². The molecule has 2 amide bonds. The first-order valence-electron chi connectivity index (χ1n) is 5.62. The quantitative estimate of drug-likeness (QED) is 0.444. The van der Waals surface area contributed by atoms with Gasteiger partial charge in [-0.05, 0) is 6.07 Å². The van der Waals surface area contributed by atoms with E-state index in [-0.39, 0.29) is 18.4 Å². The first kappa shape index (κ1) is 14.2. The molecule has 0 spiro atoms. The zero-order valence-corrected chi connectivity index (χ0v) is 10.9. The third kappa shape index (κ3) is 3.41.